The zero-order valence-electron chi connectivity index (χ0n) is 31.4. The lowest BCUT2D eigenvalue weighted by molar-refractivity contribution is 1.17. The van der Waals surface area contributed by atoms with Crippen molar-refractivity contribution in [1.82, 2.24) is 19.1 Å². The smallest absolute Gasteiger partial charge is 0.160 e. The zero-order chi connectivity index (χ0) is 38.2. The highest BCUT2D eigenvalue weighted by Gasteiger charge is 2.21. The van der Waals surface area contributed by atoms with Crippen molar-refractivity contribution in [2.24, 2.45) is 0 Å². The fourth-order valence-electron chi connectivity index (χ4n) is 9.10. The molecule has 3 heterocycles. The topological polar surface area (TPSA) is 35.6 Å². The monoisotopic (exact) mass is 738 g/mol. The number of nitrogens with zero attached hydrogens (tertiary/aromatic N) is 4. The van der Waals surface area contributed by atoms with Crippen LogP contribution in [0.4, 0.5) is 0 Å². The van der Waals surface area contributed by atoms with Gasteiger partial charge in [0, 0.05) is 49.1 Å². The van der Waals surface area contributed by atoms with Crippen molar-refractivity contribution >= 4 is 65.3 Å². The van der Waals surface area contributed by atoms with Gasteiger partial charge in [-0.3, -0.25) is 0 Å². The normalized spacial score (nSPS) is 11.8. The summed E-state index contributed by atoms with van der Waals surface area (Å²) in [5.74, 6) is 0.706. The second-order valence-electron chi connectivity index (χ2n) is 15.0. The van der Waals surface area contributed by atoms with Crippen LogP contribution < -0.4 is 0 Å². The lowest BCUT2D eigenvalue weighted by Gasteiger charge is -2.12. The minimum atomic E-state index is 0.706. The van der Waals surface area contributed by atoms with Crippen LogP contribution in [0, 0.1) is 0 Å². The summed E-state index contributed by atoms with van der Waals surface area (Å²) in [6, 6.07) is 73.7. The van der Waals surface area contributed by atoms with E-state index in [0.29, 0.717) is 5.82 Å². The van der Waals surface area contributed by atoms with Crippen LogP contribution in [0.15, 0.2) is 206 Å². The lowest BCUT2D eigenvalue weighted by atomic mass is 10.0. The van der Waals surface area contributed by atoms with Crippen LogP contribution in [0.3, 0.4) is 0 Å². The molecule has 12 rings (SSSR count). The molecule has 3 aromatic heterocycles. The molecule has 0 saturated heterocycles. The third kappa shape index (κ3) is 4.95. The van der Waals surface area contributed by atoms with Crippen LogP contribution in [0.2, 0.25) is 0 Å². The SMILES string of the molecule is c1ccc(-c2ccc(-c3nc(-c4ccc(-n5c6ccccc6c6c7c8ccccc8n(-c8cccc9ccccc89)c7ccc65)cc4)nc4ccccc34)cc2)cc1. The Morgan fingerprint density at radius 2 is 0.845 bits per heavy atom. The first kappa shape index (κ1) is 32.4. The third-order valence-electron chi connectivity index (χ3n) is 11.7. The first-order valence-corrected chi connectivity index (χ1v) is 19.8. The van der Waals surface area contributed by atoms with Gasteiger partial charge in [0.15, 0.2) is 5.82 Å². The molecule has 0 amide bonds. The summed E-state index contributed by atoms with van der Waals surface area (Å²) in [5, 5.41) is 8.50. The van der Waals surface area contributed by atoms with Gasteiger partial charge >= 0.3 is 0 Å². The van der Waals surface area contributed by atoms with Crippen molar-refractivity contribution in [2.45, 2.75) is 0 Å². The number of hydrogen-bond donors (Lipinski definition) is 0. The highest BCUT2D eigenvalue weighted by Crippen LogP contribution is 2.43. The Bertz CT molecular complexity index is 3530. The molecule has 9 aromatic carbocycles. The third-order valence-corrected chi connectivity index (χ3v) is 11.7. The van der Waals surface area contributed by atoms with E-state index in [4.69, 9.17) is 9.97 Å². The number of aromatic nitrogens is 4. The van der Waals surface area contributed by atoms with Crippen molar-refractivity contribution in [3.8, 4) is 45.1 Å². The second-order valence-corrected chi connectivity index (χ2v) is 15.0. The van der Waals surface area contributed by atoms with Crippen LogP contribution in [-0.4, -0.2) is 19.1 Å². The van der Waals surface area contributed by atoms with Gasteiger partial charge in [-0.15, -0.1) is 0 Å². The Balaban J connectivity index is 1.01. The molecular weight excluding hydrogens is 705 g/mol. The minimum Gasteiger partial charge on any atom is -0.309 e. The zero-order valence-corrected chi connectivity index (χ0v) is 31.4. The van der Waals surface area contributed by atoms with Crippen molar-refractivity contribution in [1.29, 1.82) is 0 Å². The second kappa shape index (κ2) is 12.9. The van der Waals surface area contributed by atoms with Gasteiger partial charge in [0.25, 0.3) is 0 Å². The molecule has 0 N–H and O–H groups in total. The van der Waals surface area contributed by atoms with E-state index >= 15 is 0 Å². The van der Waals surface area contributed by atoms with Gasteiger partial charge < -0.3 is 9.13 Å². The van der Waals surface area contributed by atoms with Gasteiger partial charge in [0.1, 0.15) is 0 Å². The number of hydrogen-bond acceptors (Lipinski definition) is 2. The molecule has 12 aromatic rings. The van der Waals surface area contributed by atoms with Crippen LogP contribution in [0.1, 0.15) is 0 Å². The fourth-order valence-corrected chi connectivity index (χ4v) is 9.10. The Morgan fingerprint density at radius 3 is 1.59 bits per heavy atom. The molecule has 4 heteroatoms. The van der Waals surface area contributed by atoms with Gasteiger partial charge in [-0.05, 0) is 77.2 Å². The molecule has 4 nitrogen and oxygen atoms in total. The molecular formula is C54H34N4. The standard InChI is InChI=1S/C54H34N4/c1-2-13-35(14-3-1)36-25-27-38(28-26-36)53-42-18-6-9-21-45(42)55-54(56-53)39-29-31-40(32-30-39)57-47-22-10-7-19-43(47)51-49(57)33-34-50-52(51)44-20-8-11-23-48(44)58(50)46-24-12-16-37-15-4-5-17-41(37)46/h1-34H. The summed E-state index contributed by atoms with van der Waals surface area (Å²) < 4.78 is 4.85. The number of para-hydroxylation sites is 3. The molecule has 0 aliphatic heterocycles. The summed E-state index contributed by atoms with van der Waals surface area (Å²) >= 11 is 0. The summed E-state index contributed by atoms with van der Waals surface area (Å²) in [6.45, 7) is 0. The first-order chi connectivity index (χ1) is 28.8. The van der Waals surface area contributed by atoms with Crippen LogP contribution in [-0.2, 0) is 0 Å². The van der Waals surface area contributed by atoms with Gasteiger partial charge in [0.2, 0.25) is 0 Å². The molecule has 0 saturated carbocycles. The molecule has 0 aliphatic rings. The largest absolute Gasteiger partial charge is 0.309 e. The lowest BCUT2D eigenvalue weighted by Crippen LogP contribution is -1.97. The maximum absolute atomic E-state index is 5.23. The van der Waals surface area contributed by atoms with Crippen molar-refractivity contribution in [3.63, 3.8) is 0 Å². The van der Waals surface area contributed by atoms with Crippen molar-refractivity contribution in [3.05, 3.63) is 206 Å². The van der Waals surface area contributed by atoms with E-state index in [1.54, 1.807) is 0 Å². The van der Waals surface area contributed by atoms with Gasteiger partial charge in [-0.1, -0.05) is 146 Å². The highest BCUT2D eigenvalue weighted by atomic mass is 15.0. The summed E-state index contributed by atoms with van der Waals surface area (Å²) in [5.41, 5.74) is 13.3. The van der Waals surface area contributed by atoms with Gasteiger partial charge in [0.05, 0.1) is 39.0 Å². The Morgan fingerprint density at radius 1 is 0.310 bits per heavy atom. The molecule has 0 unspecified atom stereocenters. The van der Waals surface area contributed by atoms with Crippen LogP contribution in [0.5, 0.6) is 0 Å². The van der Waals surface area contributed by atoms with Crippen molar-refractivity contribution < 1.29 is 0 Å². The molecule has 0 aliphatic carbocycles. The molecule has 58 heavy (non-hydrogen) atoms. The first-order valence-electron chi connectivity index (χ1n) is 19.8. The quantitative estimate of drug-likeness (QED) is 0.176. The number of rotatable bonds is 5. The van der Waals surface area contributed by atoms with Crippen LogP contribution >= 0.6 is 0 Å². The predicted octanol–water partition coefficient (Wildman–Crippen LogP) is 14.0. The van der Waals surface area contributed by atoms with Crippen molar-refractivity contribution in [2.75, 3.05) is 0 Å². The number of benzene rings is 9. The van der Waals surface area contributed by atoms with E-state index < -0.39 is 0 Å². The Labute approximate surface area is 334 Å². The average Bonchev–Trinajstić information content (AvgIpc) is 3.82. The molecule has 0 fully saturated rings. The van der Waals surface area contributed by atoms with E-state index in [2.05, 4.69) is 203 Å². The molecule has 0 radical (unpaired) electrons. The van der Waals surface area contributed by atoms with E-state index in [1.165, 1.54) is 71.2 Å². The predicted molar refractivity (Wildman–Crippen MR) is 242 cm³/mol. The number of fused-ring (bicyclic) bond motifs is 9. The van der Waals surface area contributed by atoms with E-state index in [1.807, 2.05) is 12.1 Å². The maximum Gasteiger partial charge on any atom is 0.160 e. The summed E-state index contributed by atoms with van der Waals surface area (Å²) in [6.07, 6.45) is 0. The molecule has 270 valence electrons. The Hall–Kier alpha value is -7.82. The Kier molecular flexibility index (Phi) is 7.20. The van der Waals surface area contributed by atoms with E-state index in [-0.39, 0.29) is 0 Å². The highest BCUT2D eigenvalue weighted by molar-refractivity contribution is 6.29. The summed E-state index contributed by atoms with van der Waals surface area (Å²) in [7, 11) is 0. The fraction of sp³-hybridized carbons (Fsp3) is 0. The van der Waals surface area contributed by atoms with Gasteiger partial charge in [-0.25, -0.2) is 9.97 Å². The van der Waals surface area contributed by atoms with Gasteiger partial charge in [-0.2, -0.15) is 0 Å². The van der Waals surface area contributed by atoms with E-state index in [9.17, 15) is 0 Å². The molecule has 0 bridgehead atoms. The maximum atomic E-state index is 5.23. The minimum absolute atomic E-state index is 0.706. The van der Waals surface area contributed by atoms with E-state index in [0.717, 1.165) is 33.4 Å². The molecule has 0 spiro atoms. The molecule has 0 atom stereocenters. The van der Waals surface area contributed by atoms with Crippen LogP contribution in [0.25, 0.3) is 110 Å². The summed E-state index contributed by atoms with van der Waals surface area (Å²) in [4.78, 5) is 10.3. The average molecular weight is 739 g/mol.